The molecule has 0 spiro atoms. The van der Waals surface area contributed by atoms with Gasteiger partial charge in [0.25, 0.3) is 0 Å². The van der Waals surface area contributed by atoms with Gasteiger partial charge >= 0.3 is 0 Å². The summed E-state index contributed by atoms with van der Waals surface area (Å²) in [5.74, 6) is 0.836. The van der Waals surface area contributed by atoms with Crippen LogP contribution >= 0.6 is 0 Å². The number of benzene rings is 1. The molecule has 2 N–H and O–H groups in total. The molecular formula is C10H13NO. The van der Waals surface area contributed by atoms with Crippen LogP contribution in [0.2, 0.25) is 0 Å². The van der Waals surface area contributed by atoms with E-state index in [0.717, 1.165) is 11.4 Å². The van der Waals surface area contributed by atoms with Crippen molar-refractivity contribution in [2.75, 3.05) is 5.73 Å². The molecule has 1 aliphatic rings. The summed E-state index contributed by atoms with van der Waals surface area (Å²) >= 11 is 0. The zero-order valence-corrected chi connectivity index (χ0v) is 7.21. The average Bonchev–Trinajstić information content (AvgIpc) is 2.79. The van der Waals surface area contributed by atoms with Crippen molar-refractivity contribution in [2.45, 2.75) is 25.9 Å². The van der Waals surface area contributed by atoms with E-state index in [0.29, 0.717) is 6.10 Å². The highest BCUT2D eigenvalue weighted by molar-refractivity contribution is 5.54. The smallest absolute Gasteiger partial charge is 0.142 e. The molecule has 0 aliphatic heterocycles. The third-order valence-electron chi connectivity index (χ3n) is 1.98. The van der Waals surface area contributed by atoms with Crippen molar-refractivity contribution in [3.63, 3.8) is 0 Å². The lowest BCUT2D eigenvalue weighted by atomic mass is 10.2. The van der Waals surface area contributed by atoms with Gasteiger partial charge in [0.1, 0.15) is 5.75 Å². The number of anilines is 1. The highest BCUT2D eigenvalue weighted by Crippen LogP contribution is 2.30. The zero-order chi connectivity index (χ0) is 8.55. The van der Waals surface area contributed by atoms with E-state index in [1.165, 1.54) is 18.4 Å². The zero-order valence-electron chi connectivity index (χ0n) is 7.21. The topological polar surface area (TPSA) is 35.2 Å². The van der Waals surface area contributed by atoms with Gasteiger partial charge in [-0.05, 0) is 37.5 Å². The summed E-state index contributed by atoms with van der Waals surface area (Å²) in [4.78, 5) is 0. The van der Waals surface area contributed by atoms with Gasteiger partial charge in [0, 0.05) is 0 Å². The molecule has 0 bridgehead atoms. The maximum atomic E-state index is 5.77. The number of aryl methyl sites for hydroxylation is 1. The molecule has 2 rings (SSSR count). The second kappa shape index (κ2) is 2.70. The van der Waals surface area contributed by atoms with Crippen LogP contribution in [0.1, 0.15) is 18.4 Å². The number of hydrogen-bond donors (Lipinski definition) is 1. The van der Waals surface area contributed by atoms with E-state index >= 15 is 0 Å². The van der Waals surface area contributed by atoms with Crippen molar-refractivity contribution in [1.29, 1.82) is 0 Å². The molecule has 1 aliphatic carbocycles. The molecule has 0 heterocycles. The maximum absolute atomic E-state index is 5.77. The minimum Gasteiger partial charge on any atom is -0.488 e. The van der Waals surface area contributed by atoms with E-state index in [1.807, 2.05) is 25.1 Å². The fourth-order valence-corrected chi connectivity index (χ4v) is 1.14. The Morgan fingerprint density at radius 3 is 2.75 bits per heavy atom. The van der Waals surface area contributed by atoms with E-state index in [4.69, 9.17) is 10.5 Å². The van der Waals surface area contributed by atoms with Crippen molar-refractivity contribution in [1.82, 2.24) is 0 Å². The first-order chi connectivity index (χ1) is 5.75. The number of hydrogen-bond acceptors (Lipinski definition) is 2. The molecule has 1 aromatic carbocycles. The summed E-state index contributed by atoms with van der Waals surface area (Å²) in [7, 11) is 0. The summed E-state index contributed by atoms with van der Waals surface area (Å²) in [6.45, 7) is 2.03. The first kappa shape index (κ1) is 7.47. The van der Waals surface area contributed by atoms with E-state index in [-0.39, 0.29) is 0 Å². The van der Waals surface area contributed by atoms with E-state index in [1.54, 1.807) is 0 Å². The van der Waals surface area contributed by atoms with Crippen molar-refractivity contribution >= 4 is 5.69 Å². The molecule has 0 amide bonds. The van der Waals surface area contributed by atoms with Gasteiger partial charge in [-0.15, -0.1) is 0 Å². The SMILES string of the molecule is Cc1ccc(OC2CC2)c(N)c1. The van der Waals surface area contributed by atoms with Crippen LogP contribution in [0.15, 0.2) is 18.2 Å². The number of rotatable bonds is 2. The van der Waals surface area contributed by atoms with Gasteiger partial charge in [0.2, 0.25) is 0 Å². The fourth-order valence-electron chi connectivity index (χ4n) is 1.14. The highest BCUT2D eigenvalue weighted by Gasteiger charge is 2.24. The van der Waals surface area contributed by atoms with Crippen molar-refractivity contribution < 1.29 is 4.74 Å². The van der Waals surface area contributed by atoms with E-state index in [9.17, 15) is 0 Å². The largest absolute Gasteiger partial charge is 0.488 e. The van der Waals surface area contributed by atoms with Gasteiger partial charge in [-0.2, -0.15) is 0 Å². The fraction of sp³-hybridized carbons (Fsp3) is 0.400. The Bertz CT molecular complexity index is 292. The quantitative estimate of drug-likeness (QED) is 0.678. The van der Waals surface area contributed by atoms with Crippen LogP contribution in [0.5, 0.6) is 5.75 Å². The standard InChI is InChI=1S/C10H13NO/c1-7-2-5-10(9(11)6-7)12-8-3-4-8/h2,5-6,8H,3-4,11H2,1H3. The lowest BCUT2D eigenvalue weighted by molar-refractivity contribution is 0.305. The first-order valence-electron chi connectivity index (χ1n) is 4.28. The molecule has 0 radical (unpaired) electrons. The second-order valence-corrected chi connectivity index (χ2v) is 3.36. The van der Waals surface area contributed by atoms with Crippen molar-refractivity contribution in [3.8, 4) is 5.75 Å². The summed E-state index contributed by atoms with van der Waals surface area (Å²) < 4.78 is 5.59. The van der Waals surface area contributed by atoms with Crippen LogP contribution in [-0.2, 0) is 0 Å². The Labute approximate surface area is 72.3 Å². The van der Waals surface area contributed by atoms with E-state index in [2.05, 4.69) is 0 Å². The van der Waals surface area contributed by atoms with Gasteiger partial charge in [-0.1, -0.05) is 6.07 Å². The maximum Gasteiger partial charge on any atom is 0.142 e. The Morgan fingerprint density at radius 1 is 1.42 bits per heavy atom. The van der Waals surface area contributed by atoms with E-state index < -0.39 is 0 Å². The minimum atomic E-state index is 0.426. The Balaban J connectivity index is 2.18. The summed E-state index contributed by atoms with van der Waals surface area (Å²) in [6, 6.07) is 5.91. The van der Waals surface area contributed by atoms with Crippen molar-refractivity contribution in [3.05, 3.63) is 23.8 Å². The van der Waals surface area contributed by atoms with Gasteiger partial charge in [-0.3, -0.25) is 0 Å². The molecule has 1 saturated carbocycles. The lowest BCUT2D eigenvalue weighted by Crippen LogP contribution is -1.99. The Morgan fingerprint density at radius 2 is 2.17 bits per heavy atom. The predicted octanol–water partition coefficient (Wildman–Crippen LogP) is 2.12. The number of ether oxygens (including phenoxy) is 1. The number of nitrogen functional groups attached to an aromatic ring is 1. The number of nitrogens with two attached hydrogens (primary N) is 1. The molecule has 2 heteroatoms. The van der Waals surface area contributed by atoms with Gasteiger partial charge in [-0.25, -0.2) is 0 Å². The van der Waals surface area contributed by atoms with Gasteiger partial charge in [0.05, 0.1) is 11.8 Å². The monoisotopic (exact) mass is 163 g/mol. The Hall–Kier alpha value is -1.18. The summed E-state index contributed by atoms with van der Waals surface area (Å²) in [6.07, 6.45) is 2.77. The molecule has 1 aromatic rings. The molecule has 12 heavy (non-hydrogen) atoms. The molecule has 0 saturated heterocycles. The lowest BCUT2D eigenvalue weighted by Gasteiger charge is -2.07. The molecule has 1 fully saturated rings. The minimum absolute atomic E-state index is 0.426. The van der Waals surface area contributed by atoms with Crippen LogP contribution in [-0.4, -0.2) is 6.10 Å². The summed E-state index contributed by atoms with van der Waals surface area (Å²) in [5.41, 5.74) is 7.70. The van der Waals surface area contributed by atoms with Crippen LogP contribution in [0, 0.1) is 6.92 Å². The molecule has 0 atom stereocenters. The van der Waals surface area contributed by atoms with Crippen LogP contribution in [0.25, 0.3) is 0 Å². The van der Waals surface area contributed by atoms with Gasteiger partial charge < -0.3 is 10.5 Å². The average molecular weight is 163 g/mol. The second-order valence-electron chi connectivity index (χ2n) is 3.36. The molecule has 64 valence electrons. The molecule has 0 aromatic heterocycles. The summed E-state index contributed by atoms with van der Waals surface area (Å²) in [5, 5.41) is 0. The molecular weight excluding hydrogens is 150 g/mol. The van der Waals surface area contributed by atoms with Crippen molar-refractivity contribution in [2.24, 2.45) is 0 Å². The first-order valence-corrected chi connectivity index (χ1v) is 4.28. The predicted molar refractivity (Wildman–Crippen MR) is 49.2 cm³/mol. The van der Waals surface area contributed by atoms with Crippen LogP contribution < -0.4 is 10.5 Å². The van der Waals surface area contributed by atoms with Gasteiger partial charge in [0.15, 0.2) is 0 Å². The normalized spacial score (nSPS) is 16.1. The third kappa shape index (κ3) is 1.52. The Kier molecular flexibility index (Phi) is 1.68. The molecule has 0 unspecified atom stereocenters. The van der Waals surface area contributed by atoms with Crippen LogP contribution in [0.4, 0.5) is 5.69 Å². The third-order valence-corrected chi connectivity index (χ3v) is 1.98. The highest BCUT2D eigenvalue weighted by atomic mass is 16.5. The molecule has 2 nitrogen and oxygen atoms in total. The van der Waals surface area contributed by atoms with Crippen LogP contribution in [0.3, 0.4) is 0 Å².